The number of likely N-dealkylation sites (tertiary alicyclic amines) is 1. The molecular weight excluding hydrogens is 220 g/mol. The minimum Gasteiger partial charge on any atom is -0.316 e. The summed E-state index contributed by atoms with van der Waals surface area (Å²) in [5.41, 5.74) is 0. The van der Waals surface area contributed by atoms with Gasteiger partial charge in [-0.05, 0) is 76.4 Å². The number of hydrogen-bond acceptors (Lipinski definition) is 2. The molecule has 1 heterocycles. The number of rotatable bonds is 5. The molecule has 1 saturated heterocycles. The third kappa shape index (κ3) is 4.24. The molecule has 0 aromatic rings. The molecule has 0 radical (unpaired) electrons. The van der Waals surface area contributed by atoms with Gasteiger partial charge in [0.2, 0.25) is 0 Å². The molecule has 1 aliphatic heterocycles. The normalized spacial score (nSPS) is 34.7. The van der Waals surface area contributed by atoms with Crippen molar-refractivity contribution in [2.24, 2.45) is 11.8 Å². The molecule has 2 nitrogen and oxygen atoms in total. The first kappa shape index (κ1) is 14.3. The highest BCUT2D eigenvalue weighted by atomic mass is 15.2. The monoisotopic (exact) mass is 252 g/mol. The average Bonchev–Trinajstić information content (AvgIpc) is 2.40. The largest absolute Gasteiger partial charge is 0.316 e. The molecule has 0 aromatic heterocycles. The molecule has 2 rings (SSSR count). The number of nitrogens with zero attached hydrogens (tertiary/aromatic N) is 1. The molecule has 1 saturated carbocycles. The molecule has 0 spiro atoms. The fraction of sp³-hybridized carbons (Fsp3) is 1.00. The van der Waals surface area contributed by atoms with Crippen molar-refractivity contribution in [1.82, 2.24) is 10.2 Å². The molecule has 1 aliphatic carbocycles. The van der Waals surface area contributed by atoms with Gasteiger partial charge in [-0.3, -0.25) is 0 Å². The Morgan fingerprint density at radius 3 is 2.61 bits per heavy atom. The van der Waals surface area contributed by atoms with Crippen LogP contribution >= 0.6 is 0 Å². The summed E-state index contributed by atoms with van der Waals surface area (Å²) in [6.45, 7) is 9.83. The van der Waals surface area contributed by atoms with Crippen molar-refractivity contribution in [3.8, 4) is 0 Å². The first-order chi connectivity index (χ1) is 8.79. The first-order valence-corrected chi connectivity index (χ1v) is 8.24. The van der Waals surface area contributed by atoms with E-state index in [4.69, 9.17) is 0 Å². The van der Waals surface area contributed by atoms with Crippen LogP contribution in [0.25, 0.3) is 0 Å². The molecule has 1 atom stereocenters. The van der Waals surface area contributed by atoms with E-state index >= 15 is 0 Å². The van der Waals surface area contributed by atoms with Gasteiger partial charge in [-0.15, -0.1) is 0 Å². The summed E-state index contributed by atoms with van der Waals surface area (Å²) < 4.78 is 0. The van der Waals surface area contributed by atoms with Crippen LogP contribution in [0.4, 0.5) is 0 Å². The molecule has 2 heteroatoms. The van der Waals surface area contributed by atoms with Gasteiger partial charge in [-0.2, -0.15) is 0 Å². The molecule has 1 N–H and O–H groups in total. The standard InChI is InChI=1S/C16H32N2/c1-3-10-17-12-15-5-4-11-18(13-15)16-8-6-14(2)7-9-16/h14-17H,3-13H2,1-2H3. The van der Waals surface area contributed by atoms with Crippen molar-refractivity contribution < 1.29 is 0 Å². The topological polar surface area (TPSA) is 15.3 Å². The summed E-state index contributed by atoms with van der Waals surface area (Å²) >= 11 is 0. The molecule has 0 bridgehead atoms. The van der Waals surface area contributed by atoms with Gasteiger partial charge in [-0.1, -0.05) is 13.8 Å². The number of piperidine rings is 1. The van der Waals surface area contributed by atoms with Crippen LogP contribution in [0.1, 0.15) is 58.8 Å². The zero-order valence-electron chi connectivity index (χ0n) is 12.5. The Labute approximate surface area is 114 Å². The van der Waals surface area contributed by atoms with Gasteiger partial charge in [-0.25, -0.2) is 0 Å². The second-order valence-corrected chi connectivity index (χ2v) is 6.62. The average molecular weight is 252 g/mol. The van der Waals surface area contributed by atoms with Gasteiger partial charge < -0.3 is 10.2 Å². The summed E-state index contributed by atoms with van der Waals surface area (Å²) in [7, 11) is 0. The van der Waals surface area contributed by atoms with E-state index < -0.39 is 0 Å². The van der Waals surface area contributed by atoms with E-state index in [-0.39, 0.29) is 0 Å². The van der Waals surface area contributed by atoms with Crippen molar-refractivity contribution in [3.05, 3.63) is 0 Å². The summed E-state index contributed by atoms with van der Waals surface area (Å²) in [5, 5.41) is 3.61. The maximum absolute atomic E-state index is 3.61. The van der Waals surface area contributed by atoms with Crippen LogP contribution in [0, 0.1) is 11.8 Å². The van der Waals surface area contributed by atoms with E-state index in [1.165, 1.54) is 71.1 Å². The van der Waals surface area contributed by atoms with E-state index in [1.54, 1.807) is 0 Å². The fourth-order valence-electron chi connectivity index (χ4n) is 3.69. The fourth-order valence-corrected chi connectivity index (χ4v) is 3.69. The number of hydrogen-bond donors (Lipinski definition) is 1. The van der Waals surface area contributed by atoms with Gasteiger partial charge >= 0.3 is 0 Å². The van der Waals surface area contributed by atoms with Crippen molar-refractivity contribution in [3.63, 3.8) is 0 Å². The van der Waals surface area contributed by atoms with E-state index in [2.05, 4.69) is 24.1 Å². The van der Waals surface area contributed by atoms with Gasteiger partial charge in [0.1, 0.15) is 0 Å². The molecule has 0 aromatic carbocycles. The van der Waals surface area contributed by atoms with E-state index in [0.717, 1.165) is 17.9 Å². The molecule has 18 heavy (non-hydrogen) atoms. The molecule has 2 fully saturated rings. The maximum Gasteiger partial charge on any atom is 0.00955 e. The summed E-state index contributed by atoms with van der Waals surface area (Å²) in [4.78, 5) is 2.81. The van der Waals surface area contributed by atoms with Crippen LogP contribution in [-0.2, 0) is 0 Å². The van der Waals surface area contributed by atoms with E-state index in [9.17, 15) is 0 Å². The zero-order chi connectivity index (χ0) is 12.8. The molecular formula is C16H32N2. The van der Waals surface area contributed by atoms with Gasteiger partial charge in [0, 0.05) is 12.6 Å². The smallest absolute Gasteiger partial charge is 0.00955 e. The zero-order valence-corrected chi connectivity index (χ0v) is 12.5. The Morgan fingerprint density at radius 2 is 1.89 bits per heavy atom. The Morgan fingerprint density at radius 1 is 1.11 bits per heavy atom. The van der Waals surface area contributed by atoms with Crippen molar-refractivity contribution >= 4 is 0 Å². The Hall–Kier alpha value is -0.0800. The lowest BCUT2D eigenvalue weighted by Gasteiger charge is -2.41. The van der Waals surface area contributed by atoms with Crippen molar-refractivity contribution in [2.45, 2.75) is 64.8 Å². The van der Waals surface area contributed by atoms with Crippen LogP contribution in [0.3, 0.4) is 0 Å². The van der Waals surface area contributed by atoms with Crippen LogP contribution < -0.4 is 5.32 Å². The van der Waals surface area contributed by atoms with Crippen LogP contribution in [0.5, 0.6) is 0 Å². The highest BCUT2D eigenvalue weighted by molar-refractivity contribution is 4.83. The maximum atomic E-state index is 3.61. The minimum atomic E-state index is 0.907. The number of nitrogens with one attached hydrogen (secondary N) is 1. The first-order valence-electron chi connectivity index (χ1n) is 8.24. The van der Waals surface area contributed by atoms with Crippen LogP contribution in [0.15, 0.2) is 0 Å². The molecule has 106 valence electrons. The van der Waals surface area contributed by atoms with Crippen molar-refractivity contribution in [2.75, 3.05) is 26.2 Å². The third-order valence-corrected chi connectivity index (χ3v) is 4.91. The summed E-state index contributed by atoms with van der Waals surface area (Å²) in [6.07, 6.45) is 9.95. The van der Waals surface area contributed by atoms with E-state index in [1.807, 2.05) is 0 Å². The lowest BCUT2D eigenvalue weighted by molar-refractivity contribution is 0.0888. The van der Waals surface area contributed by atoms with Gasteiger partial charge in [0.05, 0.1) is 0 Å². The lowest BCUT2D eigenvalue weighted by Crippen LogP contribution is -2.46. The Balaban J connectivity index is 1.72. The van der Waals surface area contributed by atoms with E-state index in [0.29, 0.717) is 0 Å². The predicted molar refractivity (Wildman–Crippen MR) is 78.9 cm³/mol. The van der Waals surface area contributed by atoms with Crippen molar-refractivity contribution in [1.29, 1.82) is 0 Å². The quantitative estimate of drug-likeness (QED) is 0.755. The minimum absolute atomic E-state index is 0.907. The second kappa shape index (κ2) is 7.49. The second-order valence-electron chi connectivity index (χ2n) is 6.62. The van der Waals surface area contributed by atoms with Crippen LogP contribution in [-0.4, -0.2) is 37.1 Å². The van der Waals surface area contributed by atoms with Gasteiger partial charge in [0.25, 0.3) is 0 Å². The molecule has 2 aliphatic rings. The summed E-state index contributed by atoms with van der Waals surface area (Å²) in [5.74, 6) is 1.89. The third-order valence-electron chi connectivity index (χ3n) is 4.91. The van der Waals surface area contributed by atoms with Crippen LogP contribution in [0.2, 0.25) is 0 Å². The van der Waals surface area contributed by atoms with Gasteiger partial charge in [0.15, 0.2) is 0 Å². The SMILES string of the molecule is CCCNCC1CCCN(C2CCC(C)CC2)C1. The Bertz CT molecular complexity index is 221. The highest BCUT2D eigenvalue weighted by Gasteiger charge is 2.28. The highest BCUT2D eigenvalue weighted by Crippen LogP contribution is 2.29. The molecule has 1 unspecified atom stereocenters. The summed E-state index contributed by atoms with van der Waals surface area (Å²) in [6, 6.07) is 0.912. The Kier molecular flexibility index (Phi) is 5.97. The lowest BCUT2D eigenvalue weighted by atomic mass is 9.85. The predicted octanol–water partition coefficient (Wildman–Crippen LogP) is 3.28. The molecule has 0 amide bonds.